The third-order valence-electron chi connectivity index (χ3n) is 5.40. The van der Waals surface area contributed by atoms with Gasteiger partial charge in [0.15, 0.2) is 10.8 Å². The molecule has 0 aromatic heterocycles. The molecule has 0 radical (unpaired) electrons. The topological polar surface area (TPSA) is 121 Å². The summed E-state index contributed by atoms with van der Waals surface area (Å²) in [5.41, 5.74) is -4.88. The lowest BCUT2D eigenvalue weighted by Gasteiger charge is -2.51. The SMILES string of the molecule is N#CC1(C#N)[C@H]2CCCC[C@H]2[C@@]2(O)C[C@]1(C#N)C(=O)N2. The lowest BCUT2D eigenvalue weighted by Crippen LogP contribution is -2.59. The van der Waals surface area contributed by atoms with Crippen molar-refractivity contribution in [3.05, 3.63) is 0 Å². The Hall–Kier alpha value is -2.10. The van der Waals surface area contributed by atoms with Crippen LogP contribution in [0.25, 0.3) is 0 Å². The molecule has 0 unspecified atom stereocenters. The van der Waals surface area contributed by atoms with E-state index < -0.39 is 28.4 Å². The van der Waals surface area contributed by atoms with Crippen LogP contribution < -0.4 is 5.32 Å². The minimum atomic E-state index is -1.76. The first kappa shape index (κ1) is 12.9. The number of hydrogen-bond donors (Lipinski definition) is 2. The predicted molar refractivity (Wildman–Crippen MR) is 64.9 cm³/mol. The normalized spacial score (nSPS) is 44.4. The second-order valence-corrected chi connectivity index (χ2v) is 6.10. The third-order valence-corrected chi connectivity index (χ3v) is 5.40. The van der Waals surface area contributed by atoms with Crippen LogP contribution >= 0.6 is 0 Å². The molecule has 1 heterocycles. The fourth-order valence-electron chi connectivity index (χ4n) is 4.47. The second kappa shape index (κ2) is 3.72. The molecule has 2 aliphatic carbocycles. The number of nitrogens with one attached hydrogen (secondary N) is 1. The summed E-state index contributed by atoms with van der Waals surface area (Å²) >= 11 is 0. The van der Waals surface area contributed by atoms with Crippen LogP contribution in [0.1, 0.15) is 32.1 Å². The highest BCUT2D eigenvalue weighted by Gasteiger charge is 2.76. The number of nitrogens with zero attached hydrogens (tertiary/aromatic N) is 3. The van der Waals surface area contributed by atoms with E-state index >= 15 is 0 Å². The summed E-state index contributed by atoms with van der Waals surface area (Å²) in [7, 11) is 0. The maximum Gasteiger partial charge on any atom is 0.245 e. The zero-order valence-electron chi connectivity index (χ0n) is 10.9. The van der Waals surface area contributed by atoms with E-state index in [4.69, 9.17) is 0 Å². The molecule has 1 amide bonds. The molecule has 2 saturated carbocycles. The Morgan fingerprint density at radius 1 is 1.10 bits per heavy atom. The van der Waals surface area contributed by atoms with Gasteiger partial charge in [-0.15, -0.1) is 0 Å². The fourth-order valence-corrected chi connectivity index (χ4v) is 4.47. The molecule has 0 aromatic rings. The molecule has 1 aliphatic heterocycles. The highest BCUT2D eigenvalue weighted by atomic mass is 16.3. The minimum Gasteiger partial charge on any atom is -0.371 e. The van der Waals surface area contributed by atoms with Crippen LogP contribution in [0.4, 0.5) is 0 Å². The molecule has 4 atom stereocenters. The summed E-state index contributed by atoms with van der Waals surface area (Å²) < 4.78 is 0. The summed E-state index contributed by atoms with van der Waals surface area (Å²) in [5, 5.41) is 41.9. The summed E-state index contributed by atoms with van der Waals surface area (Å²) in [6.07, 6.45) is 2.82. The average Bonchev–Trinajstić information content (AvgIpc) is 2.71. The lowest BCUT2D eigenvalue weighted by atomic mass is 9.47. The van der Waals surface area contributed by atoms with Gasteiger partial charge in [0.2, 0.25) is 5.91 Å². The van der Waals surface area contributed by atoms with Gasteiger partial charge in [0, 0.05) is 18.3 Å². The Morgan fingerprint density at radius 2 is 1.70 bits per heavy atom. The molecule has 6 nitrogen and oxygen atoms in total. The van der Waals surface area contributed by atoms with Crippen molar-refractivity contribution < 1.29 is 9.90 Å². The largest absolute Gasteiger partial charge is 0.371 e. The Bertz CT molecular complexity index is 596. The number of aliphatic hydroxyl groups is 1. The number of nitriles is 3. The van der Waals surface area contributed by atoms with E-state index in [2.05, 4.69) is 5.32 Å². The smallest absolute Gasteiger partial charge is 0.245 e. The van der Waals surface area contributed by atoms with Gasteiger partial charge in [-0.1, -0.05) is 12.8 Å². The van der Waals surface area contributed by atoms with Gasteiger partial charge in [0.05, 0.1) is 18.2 Å². The van der Waals surface area contributed by atoms with Crippen LogP contribution in [-0.4, -0.2) is 16.7 Å². The van der Waals surface area contributed by atoms with Gasteiger partial charge in [-0.2, -0.15) is 15.8 Å². The van der Waals surface area contributed by atoms with Crippen LogP contribution in [-0.2, 0) is 4.79 Å². The molecular weight excluding hydrogens is 256 g/mol. The quantitative estimate of drug-likeness (QED) is 0.666. The van der Waals surface area contributed by atoms with E-state index in [0.717, 1.165) is 12.8 Å². The van der Waals surface area contributed by atoms with Crippen molar-refractivity contribution in [1.29, 1.82) is 15.8 Å². The predicted octanol–water partition coefficient (Wildman–Crippen LogP) is 0.558. The van der Waals surface area contributed by atoms with Crippen LogP contribution in [0.2, 0.25) is 0 Å². The van der Waals surface area contributed by atoms with Gasteiger partial charge in [-0.3, -0.25) is 4.79 Å². The first-order valence-corrected chi connectivity index (χ1v) is 6.78. The first-order chi connectivity index (χ1) is 9.49. The number of rotatable bonds is 0. The Kier molecular flexibility index (Phi) is 2.40. The maximum absolute atomic E-state index is 12.3. The van der Waals surface area contributed by atoms with Crippen molar-refractivity contribution in [3.8, 4) is 18.2 Å². The van der Waals surface area contributed by atoms with Crippen molar-refractivity contribution in [3.63, 3.8) is 0 Å². The third kappa shape index (κ3) is 1.13. The summed E-state index contributed by atoms with van der Waals surface area (Å²) in [4.78, 5) is 12.3. The van der Waals surface area contributed by atoms with Gasteiger partial charge in [0.1, 0.15) is 5.72 Å². The highest BCUT2D eigenvalue weighted by molar-refractivity contribution is 5.91. The summed E-state index contributed by atoms with van der Waals surface area (Å²) in [6.45, 7) is 0. The van der Waals surface area contributed by atoms with Crippen LogP contribution in [0.15, 0.2) is 0 Å². The lowest BCUT2D eigenvalue weighted by molar-refractivity contribution is -0.132. The zero-order valence-corrected chi connectivity index (χ0v) is 10.9. The van der Waals surface area contributed by atoms with Crippen LogP contribution in [0, 0.1) is 56.7 Å². The molecule has 1 saturated heterocycles. The van der Waals surface area contributed by atoms with Crippen molar-refractivity contribution in [2.75, 3.05) is 0 Å². The zero-order chi connectivity index (χ0) is 14.6. The molecule has 3 aliphatic rings. The number of fused-ring (bicyclic) bond motifs is 4. The van der Waals surface area contributed by atoms with E-state index in [1.807, 2.05) is 18.2 Å². The van der Waals surface area contributed by atoms with E-state index in [0.29, 0.717) is 12.8 Å². The van der Waals surface area contributed by atoms with Crippen molar-refractivity contribution >= 4 is 5.91 Å². The minimum absolute atomic E-state index is 0.169. The number of hydrogen-bond acceptors (Lipinski definition) is 5. The van der Waals surface area contributed by atoms with Gasteiger partial charge in [-0.05, 0) is 12.8 Å². The molecule has 0 spiro atoms. The molecule has 0 aromatic carbocycles. The van der Waals surface area contributed by atoms with Crippen LogP contribution in [0.5, 0.6) is 0 Å². The molecule has 3 fully saturated rings. The standard InChI is InChI=1S/C14H14N4O2/c15-6-12-5-14(20,18-11(12)19)10-4-2-1-3-9(10)13(12,7-16)8-17/h9-10,20H,1-5H2,(H,18,19)/t9-,10+,12-,14-/m0/s1. The van der Waals surface area contributed by atoms with Gasteiger partial charge < -0.3 is 10.4 Å². The van der Waals surface area contributed by atoms with E-state index in [9.17, 15) is 25.7 Å². The highest BCUT2D eigenvalue weighted by Crippen LogP contribution is 2.64. The second-order valence-electron chi connectivity index (χ2n) is 6.10. The maximum atomic E-state index is 12.3. The average molecular weight is 270 g/mol. The number of carbonyl (C=O) groups excluding carboxylic acids is 1. The molecule has 20 heavy (non-hydrogen) atoms. The molecule has 2 N–H and O–H groups in total. The van der Waals surface area contributed by atoms with E-state index in [-0.39, 0.29) is 12.3 Å². The Morgan fingerprint density at radius 3 is 2.25 bits per heavy atom. The Labute approximate surface area is 116 Å². The molecule has 102 valence electrons. The number of carbonyl (C=O) groups is 1. The van der Waals surface area contributed by atoms with Crippen molar-refractivity contribution in [2.24, 2.45) is 22.7 Å². The monoisotopic (exact) mass is 270 g/mol. The van der Waals surface area contributed by atoms with E-state index in [1.54, 1.807) is 0 Å². The van der Waals surface area contributed by atoms with Gasteiger partial charge in [-0.25, -0.2) is 0 Å². The first-order valence-electron chi connectivity index (χ1n) is 6.78. The van der Waals surface area contributed by atoms with Crippen molar-refractivity contribution in [2.45, 2.75) is 37.8 Å². The van der Waals surface area contributed by atoms with Gasteiger partial charge in [0.25, 0.3) is 0 Å². The molecule has 6 heteroatoms. The molecular formula is C14H14N4O2. The fraction of sp³-hybridized carbons (Fsp3) is 0.714. The van der Waals surface area contributed by atoms with Crippen molar-refractivity contribution in [1.82, 2.24) is 5.32 Å². The molecule has 2 bridgehead atoms. The number of amides is 1. The Balaban J connectivity index is 2.27. The van der Waals surface area contributed by atoms with E-state index in [1.165, 1.54) is 0 Å². The van der Waals surface area contributed by atoms with Crippen LogP contribution in [0.3, 0.4) is 0 Å². The summed E-state index contributed by atoms with van der Waals surface area (Å²) in [6, 6.07) is 5.85. The molecule has 3 rings (SSSR count). The van der Waals surface area contributed by atoms with Gasteiger partial charge >= 0.3 is 0 Å². The summed E-state index contributed by atoms with van der Waals surface area (Å²) in [5.74, 6) is -1.45.